The number of amides is 1. The monoisotopic (exact) mass is 289 g/mol. The van der Waals surface area contributed by atoms with Crippen molar-refractivity contribution in [1.29, 1.82) is 0 Å². The predicted octanol–water partition coefficient (Wildman–Crippen LogP) is 2.64. The van der Waals surface area contributed by atoms with Gasteiger partial charge in [-0.3, -0.25) is 9.59 Å². The largest absolute Gasteiger partial charge is 0.469 e. The van der Waals surface area contributed by atoms with Crippen LogP contribution in [0.15, 0.2) is 18.2 Å². The van der Waals surface area contributed by atoms with Gasteiger partial charge in [0, 0.05) is 18.5 Å². The zero-order valence-electron chi connectivity index (χ0n) is 12.6. The highest BCUT2D eigenvalue weighted by Gasteiger charge is 2.13. The molecule has 21 heavy (non-hydrogen) atoms. The number of fused-ring (bicyclic) bond motifs is 1. The number of benzene rings is 1. The summed E-state index contributed by atoms with van der Waals surface area (Å²) in [4.78, 5) is 23.0. The van der Waals surface area contributed by atoms with Gasteiger partial charge in [-0.2, -0.15) is 0 Å². The van der Waals surface area contributed by atoms with Crippen molar-refractivity contribution in [2.75, 3.05) is 13.7 Å². The van der Waals surface area contributed by atoms with Crippen molar-refractivity contribution < 1.29 is 14.3 Å². The van der Waals surface area contributed by atoms with Crippen LogP contribution in [0.4, 0.5) is 0 Å². The van der Waals surface area contributed by atoms with Gasteiger partial charge in [0.15, 0.2) is 0 Å². The van der Waals surface area contributed by atoms with E-state index in [-0.39, 0.29) is 11.9 Å². The van der Waals surface area contributed by atoms with E-state index in [2.05, 4.69) is 16.1 Å². The Morgan fingerprint density at radius 3 is 2.76 bits per heavy atom. The first-order valence-electron chi connectivity index (χ1n) is 7.67. The number of nitrogens with one attached hydrogen (secondary N) is 1. The fourth-order valence-corrected chi connectivity index (χ4v) is 2.69. The van der Waals surface area contributed by atoms with Crippen LogP contribution in [0.3, 0.4) is 0 Å². The Labute approximate surface area is 125 Å². The van der Waals surface area contributed by atoms with E-state index in [0.717, 1.165) is 37.7 Å². The Morgan fingerprint density at radius 2 is 1.95 bits per heavy atom. The molecule has 0 aliphatic heterocycles. The maximum Gasteiger partial charge on any atom is 0.305 e. The molecule has 0 aromatic heterocycles. The van der Waals surface area contributed by atoms with Gasteiger partial charge in [0.2, 0.25) is 0 Å². The second-order valence-corrected chi connectivity index (χ2v) is 5.48. The van der Waals surface area contributed by atoms with Crippen molar-refractivity contribution in [1.82, 2.24) is 5.32 Å². The summed E-state index contributed by atoms with van der Waals surface area (Å²) in [7, 11) is 1.40. The predicted molar refractivity (Wildman–Crippen MR) is 81.3 cm³/mol. The molecule has 0 bridgehead atoms. The first kappa shape index (κ1) is 15.5. The molecule has 2 rings (SSSR count). The molecule has 1 aliphatic rings. The lowest BCUT2D eigenvalue weighted by atomic mass is 10.1. The van der Waals surface area contributed by atoms with Gasteiger partial charge >= 0.3 is 5.97 Å². The maximum atomic E-state index is 12.0. The Bertz CT molecular complexity index is 511. The molecule has 0 atom stereocenters. The first-order chi connectivity index (χ1) is 10.2. The molecule has 0 saturated heterocycles. The van der Waals surface area contributed by atoms with Crippen LogP contribution in [0, 0.1) is 0 Å². The van der Waals surface area contributed by atoms with E-state index in [1.165, 1.54) is 24.7 Å². The summed E-state index contributed by atoms with van der Waals surface area (Å²) < 4.78 is 4.58. The van der Waals surface area contributed by atoms with Gasteiger partial charge in [-0.15, -0.1) is 0 Å². The lowest BCUT2D eigenvalue weighted by Crippen LogP contribution is -2.24. The molecular weight excluding hydrogens is 266 g/mol. The van der Waals surface area contributed by atoms with E-state index in [1.54, 1.807) is 0 Å². The molecule has 1 aromatic rings. The summed E-state index contributed by atoms with van der Waals surface area (Å²) >= 11 is 0. The summed E-state index contributed by atoms with van der Waals surface area (Å²) in [5, 5.41) is 2.94. The highest BCUT2D eigenvalue weighted by atomic mass is 16.5. The minimum Gasteiger partial charge on any atom is -0.469 e. The molecule has 0 radical (unpaired) electrons. The molecule has 0 unspecified atom stereocenters. The highest BCUT2D eigenvalue weighted by molar-refractivity contribution is 5.94. The maximum absolute atomic E-state index is 12.0. The molecule has 1 amide bonds. The SMILES string of the molecule is COC(=O)CCCCCNC(=O)c1ccc2c(c1)CCC2. The van der Waals surface area contributed by atoms with E-state index in [4.69, 9.17) is 0 Å². The molecule has 1 N–H and O–H groups in total. The van der Waals surface area contributed by atoms with E-state index in [1.807, 2.05) is 12.1 Å². The topological polar surface area (TPSA) is 55.4 Å². The van der Waals surface area contributed by atoms with Crippen LogP contribution in [0.1, 0.15) is 53.6 Å². The van der Waals surface area contributed by atoms with Gasteiger partial charge in [0.1, 0.15) is 0 Å². The fraction of sp³-hybridized carbons (Fsp3) is 0.529. The number of hydrogen-bond acceptors (Lipinski definition) is 3. The molecule has 4 nitrogen and oxygen atoms in total. The van der Waals surface area contributed by atoms with Crippen LogP contribution in [0.5, 0.6) is 0 Å². The summed E-state index contributed by atoms with van der Waals surface area (Å²) in [6.07, 6.45) is 6.48. The van der Waals surface area contributed by atoms with E-state index < -0.39 is 0 Å². The minimum absolute atomic E-state index is 0.00216. The van der Waals surface area contributed by atoms with Crippen molar-refractivity contribution in [3.63, 3.8) is 0 Å². The Morgan fingerprint density at radius 1 is 1.14 bits per heavy atom. The highest BCUT2D eigenvalue weighted by Crippen LogP contribution is 2.22. The molecule has 4 heteroatoms. The zero-order valence-corrected chi connectivity index (χ0v) is 12.6. The Hall–Kier alpha value is -1.84. The van der Waals surface area contributed by atoms with E-state index >= 15 is 0 Å². The van der Waals surface area contributed by atoms with Crippen LogP contribution in [-0.2, 0) is 22.4 Å². The first-order valence-corrected chi connectivity index (χ1v) is 7.67. The van der Waals surface area contributed by atoms with Gasteiger partial charge < -0.3 is 10.1 Å². The molecule has 1 aliphatic carbocycles. The van der Waals surface area contributed by atoms with Crippen LogP contribution in [0.2, 0.25) is 0 Å². The smallest absolute Gasteiger partial charge is 0.305 e. The third-order valence-electron chi connectivity index (χ3n) is 3.93. The second kappa shape index (κ2) is 7.81. The molecular formula is C17H23NO3. The molecule has 114 valence electrons. The summed E-state index contributed by atoms with van der Waals surface area (Å²) in [6.45, 7) is 0.650. The van der Waals surface area contributed by atoms with Gasteiger partial charge in [0.05, 0.1) is 7.11 Å². The number of carbonyl (C=O) groups excluding carboxylic acids is 2. The zero-order chi connectivity index (χ0) is 15.1. The van der Waals surface area contributed by atoms with Crippen LogP contribution in [-0.4, -0.2) is 25.5 Å². The average Bonchev–Trinajstić information content (AvgIpc) is 2.97. The minimum atomic E-state index is -0.169. The number of unbranched alkanes of at least 4 members (excludes halogenated alkanes) is 2. The fourth-order valence-electron chi connectivity index (χ4n) is 2.69. The number of aryl methyl sites for hydroxylation is 2. The van der Waals surface area contributed by atoms with Gasteiger partial charge in [-0.05, 0) is 55.4 Å². The van der Waals surface area contributed by atoms with Crippen LogP contribution < -0.4 is 5.32 Å². The molecule has 0 spiro atoms. The molecule has 0 heterocycles. The summed E-state index contributed by atoms with van der Waals surface area (Å²) in [5.74, 6) is -0.171. The standard InChI is InChI=1S/C17H23NO3/c1-21-16(19)8-3-2-4-11-18-17(20)15-10-9-13-6-5-7-14(13)12-15/h9-10,12H,2-8,11H2,1H3,(H,18,20). The van der Waals surface area contributed by atoms with Crippen molar-refractivity contribution >= 4 is 11.9 Å². The third kappa shape index (κ3) is 4.59. The lowest BCUT2D eigenvalue weighted by Gasteiger charge is -2.07. The Kier molecular flexibility index (Phi) is 5.78. The number of rotatable bonds is 7. The van der Waals surface area contributed by atoms with E-state index in [0.29, 0.717) is 13.0 Å². The number of hydrogen-bond donors (Lipinski definition) is 1. The lowest BCUT2D eigenvalue weighted by molar-refractivity contribution is -0.140. The third-order valence-corrected chi connectivity index (χ3v) is 3.93. The van der Waals surface area contributed by atoms with Crippen molar-refractivity contribution in [2.24, 2.45) is 0 Å². The van der Waals surface area contributed by atoms with Gasteiger partial charge in [0.25, 0.3) is 5.91 Å². The number of methoxy groups -OCH3 is 1. The number of carbonyl (C=O) groups is 2. The molecule has 1 aromatic carbocycles. The Balaban J connectivity index is 1.67. The second-order valence-electron chi connectivity index (χ2n) is 5.48. The summed E-state index contributed by atoms with van der Waals surface area (Å²) in [5.41, 5.74) is 3.46. The molecule has 0 fully saturated rings. The summed E-state index contributed by atoms with van der Waals surface area (Å²) in [6, 6.07) is 6.01. The van der Waals surface area contributed by atoms with E-state index in [9.17, 15) is 9.59 Å². The van der Waals surface area contributed by atoms with Crippen molar-refractivity contribution in [2.45, 2.75) is 44.9 Å². The average molecular weight is 289 g/mol. The van der Waals surface area contributed by atoms with Crippen molar-refractivity contribution in [3.05, 3.63) is 34.9 Å². The quantitative estimate of drug-likeness (QED) is 0.620. The number of esters is 1. The van der Waals surface area contributed by atoms with Gasteiger partial charge in [-0.25, -0.2) is 0 Å². The molecule has 0 saturated carbocycles. The van der Waals surface area contributed by atoms with Crippen LogP contribution in [0.25, 0.3) is 0 Å². The van der Waals surface area contributed by atoms with Crippen molar-refractivity contribution in [3.8, 4) is 0 Å². The van der Waals surface area contributed by atoms with Crippen LogP contribution >= 0.6 is 0 Å². The van der Waals surface area contributed by atoms with Gasteiger partial charge in [-0.1, -0.05) is 12.5 Å². The number of ether oxygens (including phenoxy) is 1. The normalized spacial score (nSPS) is 12.8.